The predicted molar refractivity (Wildman–Crippen MR) is 74.0 cm³/mol. The van der Waals surface area contributed by atoms with Gasteiger partial charge in [-0.3, -0.25) is 4.79 Å². The van der Waals surface area contributed by atoms with Crippen LogP contribution in [-0.4, -0.2) is 32.3 Å². The summed E-state index contributed by atoms with van der Waals surface area (Å²) in [6.45, 7) is 1.38. The van der Waals surface area contributed by atoms with Gasteiger partial charge in [0.15, 0.2) is 0 Å². The van der Waals surface area contributed by atoms with Gasteiger partial charge in [0, 0.05) is 24.8 Å². The highest BCUT2D eigenvalue weighted by Gasteiger charge is 2.15. The number of methoxy groups -OCH3 is 1. The number of benzene rings is 1. The first-order valence-corrected chi connectivity index (χ1v) is 6.50. The van der Waals surface area contributed by atoms with Gasteiger partial charge in [0.2, 0.25) is 5.91 Å². The molecule has 1 aromatic rings. The van der Waals surface area contributed by atoms with E-state index in [1.807, 2.05) is 24.3 Å². The first-order chi connectivity index (χ1) is 9.29. The number of amides is 1. The van der Waals surface area contributed by atoms with E-state index in [1.165, 1.54) is 6.08 Å². The van der Waals surface area contributed by atoms with Crippen molar-refractivity contribution in [2.24, 2.45) is 0 Å². The van der Waals surface area contributed by atoms with Crippen molar-refractivity contribution >= 4 is 12.0 Å². The molecule has 0 radical (unpaired) electrons. The Labute approximate surface area is 113 Å². The van der Waals surface area contributed by atoms with E-state index < -0.39 is 0 Å². The van der Waals surface area contributed by atoms with Gasteiger partial charge in [0.25, 0.3) is 0 Å². The Balaban J connectivity index is 1.85. The van der Waals surface area contributed by atoms with Crippen molar-refractivity contribution in [1.29, 1.82) is 0 Å². The van der Waals surface area contributed by atoms with Crippen LogP contribution in [0.1, 0.15) is 18.4 Å². The van der Waals surface area contributed by atoms with Crippen LogP contribution in [0, 0.1) is 0 Å². The number of carbonyl (C=O) groups excluding carboxylic acids is 1. The molecule has 0 aliphatic carbocycles. The summed E-state index contributed by atoms with van der Waals surface area (Å²) in [6.07, 6.45) is 5.55. The number of ether oxygens (including phenoxy) is 2. The normalized spacial score (nSPS) is 18.7. The number of rotatable bonds is 5. The van der Waals surface area contributed by atoms with E-state index in [0.29, 0.717) is 6.54 Å². The summed E-state index contributed by atoms with van der Waals surface area (Å²) >= 11 is 0. The second-order valence-electron chi connectivity index (χ2n) is 4.46. The monoisotopic (exact) mass is 261 g/mol. The molecule has 19 heavy (non-hydrogen) atoms. The van der Waals surface area contributed by atoms with Crippen molar-refractivity contribution in [3.05, 3.63) is 35.9 Å². The molecule has 1 atom stereocenters. The Morgan fingerprint density at radius 3 is 3.11 bits per heavy atom. The molecule has 1 unspecified atom stereocenters. The summed E-state index contributed by atoms with van der Waals surface area (Å²) < 4.78 is 10.7. The van der Waals surface area contributed by atoms with Gasteiger partial charge in [0.1, 0.15) is 5.75 Å². The van der Waals surface area contributed by atoms with E-state index in [2.05, 4.69) is 5.32 Å². The van der Waals surface area contributed by atoms with Gasteiger partial charge in [-0.05, 0) is 25.0 Å². The lowest BCUT2D eigenvalue weighted by atomic mass is 10.2. The topological polar surface area (TPSA) is 47.6 Å². The number of hydrogen-bond donors (Lipinski definition) is 1. The van der Waals surface area contributed by atoms with E-state index in [-0.39, 0.29) is 12.0 Å². The van der Waals surface area contributed by atoms with E-state index in [4.69, 9.17) is 9.47 Å². The smallest absolute Gasteiger partial charge is 0.244 e. The molecule has 1 aliphatic rings. The van der Waals surface area contributed by atoms with Gasteiger partial charge in [-0.25, -0.2) is 0 Å². The zero-order valence-electron chi connectivity index (χ0n) is 11.1. The van der Waals surface area contributed by atoms with Crippen molar-refractivity contribution in [3.63, 3.8) is 0 Å². The van der Waals surface area contributed by atoms with Gasteiger partial charge in [0.05, 0.1) is 13.2 Å². The van der Waals surface area contributed by atoms with Gasteiger partial charge in [-0.2, -0.15) is 0 Å². The van der Waals surface area contributed by atoms with Gasteiger partial charge in [-0.15, -0.1) is 0 Å². The van der Waals surface area contributed by atoms with E-state index >= 15 is 0 Å². The molecule has 0 saturated carbocycles. The van der Waals surface area contributed by atoms with Crippen LogP contribution in [0.3, 0.4) is 0 Å². The van der Waals surface area contributed by atoms with Crippen molar-refractivity contribution in [1.82, 2.24) is 5.32 Å². The second-order valence-corrected chi connectivity index (χ2v) is 4.46. The maximum absolute atomic E-state index is 11.7. The highest BCUT2D eigenvalue weighted by Crippen LogP contribution is 2.18. The molecule has 1 aromatic carbocycles. The Morgan fingerprint density at radius 1 is 1.53 bits per heavy atom. The van der Waals surface area contributed by atoms with Crippen LogP contribution < -0.4 is 10.1 Å². The molecule has 4 heteroatoms. The van der Waals surface area contributed by atoms with Crippen LogP contribution in [0.15, 0.2) is 30.3 Å². The summed E-state index contributed by atoms with van der Waals surface area (Å²) in [5, 5.41) is 2.84. The fraction of sp³-hybridized carbons (Fsp3) is 0.400. The third-order valence-corrected chi connectivity index (χ3v) is 3.08. The summed E-state index contributed by atoms with van der Waals surface area (Å²) in [4.78, 5) is 11.7. The molecule has 1 aliphatic heterocycles. The van der Waals surface area contributed by atoms with Gasteiger partial charge < -0.3 is 14.8 Å². The minimum Gasteiger partial charge on any atom is -0.496 e. The lowest BCUT2D eigenvalue weighted by Crippen LogP contribution is -2.30. The summed E-state index contributed by atoms with van der Waals surface area (Å²) in [5.74, 6) is 0.645. The number of hydrogen-bond acceptors (Lipinski definition) is 3. The highest BCUT2D eigenvalue weighted by molar-refractivity contribution is 5.92. The second kappa shape index (κ2) is 6.95. The number of para-hydroxylation sites is 1. The predicted octanol–water partition coefficient (Wildman–Crippen LogP) is 2.00. The maximum atomic E-state index is 11.7. The minimum absolute atomic E-state index is 0.110. The van der Waals surface area contributed by atoms with Crippen molar-refractivity contribution in [3.8, 4) is 5.75 Å². The number of nitrogens with one attached hydrogen (secondary N) is 1. The van der Waals surface area contributed by atoms with Crippen molar-refractivity contribution in [2.75, 3.05) is 20.3 Å². The van der Waals surface area contributed by atoms with Crippen LogP contribution in [0.5, 0.6) is 5.75 Å². The van der Waals surface area contributed by atoms with Gasteiger partial charge >= 0.3 is 0 Å². The van der Waals surface area contributed by atoms with E-state index in [0.717, 1.165) is 30.8 Å². The Morgan fingerprint density at radius 2 is 2.37 bits per heavy atom. The lowest BCUT2D eigenvalue weighted by Gasteiger charge is -2.09. The molecule has 1 amide bonds. The van der Waals surface area contributed by atoms with E-state index in [9.17, 15) is 4.79 Å². The van der Waals surface area contributed by atoms with Crippen molar-refractivity contribution in [2.45, 2.75) is 18.9 Å². The first-order valence-electron chi connectivity index (χ1n) is 6.50. The van der Waals surface area contributed by atoms with Crippen LogP contribution in [0.4, 0.5) is 0 Å². The molecule has 102 valence electrons. The maximum Gasteiger partial charge on any atom is 0.244 e. The Bertz CT molecular complexity index is 450. The van der Waals surface area contributed by atoms with Gasteiger partial charge in [-0.1, -0.05) is 18.2 Å². The minimum atomic E-state index is -0.110. The highest BCUT2D eigenvalue weighted by atomic mass is 16.5. The number of carbonyl (C=O) groups is 1. The molecular formula is C15H19NO3. The standard InChI is InChI=1S/C15H19NO3/c1-18-14-7-3-2-5-12(14)8-9-15(17)16-11-13-6-4-10-19-13/h2-3,5,7-9,13H,4,6,10-11H2,1H3,(H,16,17). The Kier molecular flexibility index (Phi) is 4.98. The van der Waals surface area contributed by atoms with Crippen LogP contribution in [-0.2, 0) is 9.53 Å². The summed E-state index contributed by atoms with van der Waals surface area (Å²) in [5.41, 5.74) is 0.886. The SMILES string of the molecule is COc1ccccc1C=CC(=O)NCC1CCCO1. The first kappa shape index (κ1) is 13.6. The molecular weight excluding hydrogens is 242 g/mol. The average Bonchev–Trinajstić information content (AvgIpc) is 2.96. The fourth-order valence-electron chi connectivity index (χ4n) is 2.05. The van der Waals surface area contributed by atoms with Crippen LogP contribution in [0.2, 0.25) is 0 Å². The molecule has 0 aromatic heterocycles. The summed E-state index contributed by atoms with van der Waals surface area (Å²) in [6, 6.07) is 7.58. The summed E-state index contributed by atoms with van der Waals surface area (Å²) in [7, 11) is 1.62. The zero-order valence-corrected chi connectivity index (χ0v) is 11.1. The lowest BCUT2D eigenvalue weighted by molar-refractivity contribution is -0.116. The molecule has 1 fully saturated rings. The third-order valence-electron chi connectivity index (χ3n) is 3.08. The van der Waals surface area contributed by atoms with Crippen molar-refractivity contribution < 1.29 is 14.3 Å². The molecule has 0 spiro atoms. The third kappa shape index (κ3) is 4.10. The Hall–Kier alpha value is -1.81. The average molecular weight is 261 g/mol. The quantitative estimate of drug-likeness (QED) is 0.825. The fourth-order valence-corrected chi connectivity index (χ4v) is 2.05. The zero-order chi connectivity index (χ0) is 13.5. The largest absolute Gasteiger partial charge is 0.496 e. The van der Waals surface area contributed by atoms with Crippen LogP contribution >= 0.6 is 0 Å². The van der Waals surface area contributed by atoms with E-state index in [1.54, 1.807) is 13.2 Å². The molecule has 0 bridgehead atoms. The molecule has 1 heterocycles. The molecule has 4 nitrogen and oxygen atoms in total. The van der Waals surface area contributed by atoms with Crippen LogP contribution in [0.25, 0.3) is 6.08 Å². The molecule has 1 saturated heterocycles. The molecule has 2 rings (SSSR count). The molecule has 1 N–H and O–H groups in total.